The van der Waals surface area contributed by atoms with Crippen LogP contribution in [0.5, 0.6) is 0 Å². The second kappa shape index (κ2) is 5.83. The molecule has 1 aromatic rings. The SMILES string of the molecule is Cc1cc(Br)cc(C(N)C2=CCCCCC2)c1. The first-order chi connectivity index (χ1) is 8.16. The molecule has 0 fully saturated rings. The van der Waals surface area contributed by atoms with Crippen molar-refractivity contribution < 1.29 is 0 Å². The highest BCUT2D eigenvalue weighted by molar-refractivity contribution is 9.10. The van der Waals surface area contributed by atoms with Crippen LogP contribution >= 0.6 is 15.9 Å². The number of allylic oxidation sites excluding steroid dienone is 1. The van der Waals surface area contributed by atoms with Gasteiger partial charge in [-0.3, -0.25) is 0 Å². The molecule has 0 radical (unpaired) electrons. The van der Waals surface area contributed by atoms with E-state index in [1.165, 1.54) is 42.4 Å². The van der Waals surface area contributed by atoms with Crippen LogP contribution < -0.4 is 5.73 Å². The summed E-state index contributed by atoms with van der Waals surface area (Å²) in [6.45, 7) is 2.11. The third kappa shape index (κ3) is 3.43. The van der Waals surface area contributed by atoms with Crippen LogP contribution in [-0.2, 0) is 0 Å². The minimum atomic E-state index is 0.0734. The van der Waals surface area contributed by atoms with E-state index < -0.39 is 0 Å². The van der Waals surface area contributed by atoms with Crippen molar-refractivity contribution in [1.82, 2.24) is 0 Å². The first kappa shape index (κ1) is 12.8. The number of benzene rings is 1. The Balaban J connectivity index is 2.23. The Hall–Kier alpha value is -0.600. The Morgan fingerprint density at radius 2 is 2.00 bits per heavy atom. The molecular formula is C15H20BrN. The molecule has 1 aromatic carbocycles. The fourth-order valence-corrected chi connectivity index (χ4v) is 3.11. The molecule has 2 heteroatoms. The van der Waals surface area contributed by atoms with Crippen LogP contribution in [-0.4, -0.2) is 0 Å². The molecule has 17 heavy (non-hydrogen) atoms. The number of rotatable bonds is 2. The van der Waals surface area contributed by atoms with Crippen molar-refractivity contribution >= 4 is 15.9 Å². The van der Waals surface area contributed by atoms with Gasteiger partial charge in [-0.25, -0.2) is 0 Å². The van der Waals surface area contributed by atoms with E-state index in [2.05, 4.69) is 47.1 Å². The molecule has 1 atom stereocenters. The topological polar surface area (TPSA) is 26.0 Å². The second-order valence-electron chi connectivity index (χ2n) is 4.92. The molecule has 0 saturated carbocycles. The predicted molar refractivity (Wildman–Crippen MR) is 77.0 cm³/mol. The first-order valence-electron chi connectivity index (χ1n) is 6.38. The van der Waals surface area contributed by atoms with E-state index in [-0.39, 0.29) is 6.04 Å². The summed E-state index contributed by atoms with van der Waals surface area (Å²) in [7, 11) is 0. The number of nitrogens with two attached hydrogens (primary N) is 1. The lowest BCUT2D eigenvalue weighted by molar-refractivity contribution is 0.688. The van der Waals surface area contributed by atoms with E-state index in [0.29, 0.717) is 0 Å². The van der Waals surface area contributed by atoms with Gasteiger partial charge in [-0.2, -0.15) is 0 Å². The highest BCUT2D eigenvalue weighted by atomic mass is 79.9. The van der Waals surface area contributed by atoms with Gasteiger partial charge in [0.1, 0.15) is 0 Å². The molecule has 1 aliphatic rings. The minimum Gasteiger partial charge on any atom is -0.321 e. The van der Waals surface area contributed by atoms with Gasteiger partial charge >= 0.3 is 0 Å². The lowest BCUT2D eigenvalue weighted by atomic mass is 9.95. The van der Waals surface area contributed by atoms with Crippen molar-refractivity contribution in [3.8, 4) is 0 Å². The summed E-state index contributed by atoms with van der Waals surface area (Å²) in [5.41, 5.74) is 10.3. The monoisotopic (exact) mass is 293 g/mol. The summed E-state index contributed by atoms with van der Waals surface area (Å²) < 4.78 is 1.12. The van der Waals surface area contributed by atoms with E-state index in [4.69, 9.17) is 5.73 Å². The Bertz CT molecular complexity index is 403. The van der Waals surface area contributed by atoms with Crippen LogP contribution in [0.4, 0.5) is 0 Å². The highest BCUT2D eigenvalue weighted by Crippen LogP contribution is 2.29. The van der Waals surface area contributed by atoms with Crippen LogP contribution in [0.3, 0.4) is 0 Å². The van der Waals surface area contributed by atoms with Crippen molar-refractivity contribution in [2.75, 3.05) is 0 Å². The molecule has 0 spiro atoms. The number of hydrogen-bond donors (Lipinski definition) is 1. The maximum atomic E-state index is 6.39. The average molecular weight is 294 g/mol. The van der Waals surface area contributed by atoms with Gasteiger partial charge in [0, 0.05) is 4.47 Å². The van der Waals surface area contributed by atoms with Crippen LogP contribution in [0.2, 0.25) is 0 Å². The molecule has 1 aliphatic carbocycles. The van der Waals surface area contributed by atoms with E-state index in [9.17, 15) is 0 Å². The average Bonchev–Trinajstić information content (AvgIpc) is 2.55. The minimum absolute atomic E-state index is 0.0734. The molecule has 0 amide bonds. The van der Waals surface area contributed by atoms with Crippen LogP contribution in [0.25, 0.3) is 0 Å². The summed E-state index contributed by atoms with van der Waals surface area (Å²) in [6.07, 6.45) is 8.64. The van der Waals surface area contributed by atoms with Gasteiger partial charge in [-0.15, -0.1) is 0 Å². The zero-order valence-electron chi connectivity index (χ0n) is 10.4. The first-order valence-corrected chi connectivity index (χ1v) is 7.18. The molecular weight excluding hydrogens is 274 g/mol. The molecule has 1 nitrogen and oxygen atoms in total. The van der Waals surface area contributed by atoms with Crippen molar-refractivity contribution in [1.29, 1.82) is 0 Å². The maximum absolute atomic E-state index is 6.39. The van der Waals surface area contributed by atoms with E-state index >= 15 is 0 Å². The van der Waals surface area contributed by atoms with Crippen molar-refractivity contribution in [2.45, 2.75) is 45.1 Å². The predicted octanol–water partition coefficient (Wildman–Crippen LogP) is 4.65. The molecule has 0 aromatic heterocycles. The van der Waals surface area contributed by atoms with Gasteiger partial charge < -0.3 is 5.73 Å². The summed E-state index contributed by atoms with van der Waals surface area (Å²) in [5.74, 6) is 0. The highest BCUT2D eigenvalue weighted by Gasteiger charge is 2.14. The summed E-state index contributed by atoms with van der Waals surface area (Å²) in [5, 5.41) is 0. The summed E-state index contributed by atoms with van der Waals surface area (Å²) in [6, 6.07) is 6.53. The lowest BCUT2D eigenvalue weighted by Gasteiger charge is -2.17. The molecule has 2 rings (SSSR count). The van der Waals surface area contributed by atoms with E-state index in [1.807, 2.05) is 0 Å². The molecule has 2 N–H and O–H groups in total. The van der Waals surface area contributed by atoms with Gasteiger partial charge in [0.2, 0.25) is 0 Å². The van der Waals surface area contributed by atoms with Crippen LogP contribution in [0.1, 0.15) is 49.3 Å². The lowest BCUT2D eigenvalue weighted by Crippen LogP contribution is -2.13. The van der Waals surface area contributed by atoms with Gasteiger partial charge in [0.25, 0.3) is 0 Å². The largest absolute Gasteiger partial charge is 0.321 e. The standard InChI is InChI=1S/C15H20BrN/c1-11-8-13(10-14(16)9-11)15(17)12-6-4-2-3-5-7-12/h6,8-10,15H,2-5,7,17H2,1H3. The molecule has 1 unspecified atom stereocenters. The molecule has 0 aliphatic heterocycles. The van der Waals surface area contributed by atoms with Crippen LogP contribution in [0, 0.1) is 6.92 Å². The number of halogens is 1. The second-order valence-corrected chi connectivity index (χ2v) is 5.83. The fourth-order valence-electron chi connectivity index (χ4n) is 2.48. The molecule has 0 heterocycles. The number of aryl methyl sites for hydroxylation is 1. The normalized spacial score (nSPS) is 18.4. The van der Waals surface area contributed by atoms with Crippen LogP contribution in [0.15, 0.2) is 34.3 Å². The van der Waals surface area contributed by atoms with E-state index in [1.54, 1.807) is 0 Å². The zero-order chi connectivity index (χ0) is 12.3. The molecule has 0 saturated heterocycles. The van der Waals surface area contributed by atoms with Gasteiger partial charge in [0.05, 0.1) is 6.04 Å². The van der Waals surface area contributed by atoms with Gasteiger partial charge in [-0.1, -0.05) is 40.1 Å². The zero-order valence-corrected chi connectivity index (χ0v) is 12.0. The molecule has 92 valence electrons. The fraction of sp³-hybridized carbons (Fsp3) is 0.467. The summed E-state index contributed by atoms with van der Waals surface area (Å²) >= 11 is 3.55. The Morgan fingerprint density at radius 3 is 2.76 bits per heavy atom. The Labute approximate surface area is 112 Å². The molecule has 0 bridgehead atoms. The van der Waals surface area contributed by atoms with Crippen molar-refractivity contribution in [3.05, 3.63) is 45.4 Å². The van der Waals surface area contributed by atoms with Gasteiger partial charge in [-0.05, 0) is 55.9 Å². The third-order valence-corrected chi connectivity index (χ3v) is 3.86. The van der Waals surface area contributed by atoms with Crippen molar-refractivity contribution in [3.63, 3.8) is 0 Å². The van der Waals surface area contributed by atoms with Gasteiger partial charge in [0.15, 0.2) is 0 Å². The Kier molecular flexibility index (Phi) is 4.41. The number of hydrogen-bond acceptors (Lipinski definition) is 1. The third-order valence-electron chi connectivity index (χ3n) is 3.40. The Morgan fingerprint density at radius 1 is 1.18 bits per heavy atom. The smallest absolute Gasteiger partial charge is 0.0511 e. The summed E-state index contributed by atoms with van der Waals surface area (Å²) in [4.78, 5) is 0. The van der Waals surface area contributed by atoms with E-state index in [0.717, 1.165) is 10.9 Å². The maximum Gasteiger partial charge on any atom is 0.0511 e. The van der Waals surface area contributed by atoms with Crippen molar-refractivity contribution in [2.24, 2.45) is 5.73 Å². The quantitative estimate of drug-likeness (QED) is 0.790.